The summed E-state index contributed by atoms with van der Waals surface area (Å²) in [5.41, 5.74) is 2.65. The molecule has 0 aromatic heterocycles. The van der Waals surface area contributed by atoms with Crippen molar-refractivity contribution in [1.29, 1.82) is 0 Å². The van der Waals surface area contributed by atoms with Crippen LogP contribution in [0.3, 0.4) is 0 Å². The van der Waals surface area contributed by atoms with E-state index in [1.54, 1.807) is 11.0 Å². The smallest absolute Gasteiger partial charge is 0.306 e. The van der Waals surface area contributed by atoms with Crippen LogP contribution in [0.15, 0.2) is 17.9 Å². The van der Waals surface area contributed by atoms with Gasteiger partial charge in [0.25, 0.3) is 5.91 Å². The van der Waals surface area contributed by atoms with Crippen molar-refractivity contribution in [3.8, 4) is 0 Å². The van der Waals surface area contributed by atoms with Crippen LogP contribution in [0.2, 0.25) is 5.02 Å². The molecule has 2 heterocycles. The van der Waals surface area contributed by atoms with E-state index in [1.807, 2.05) is 19.9 Å². The molecule has 0 aliphatic carbocycles. The van der Waals surface area contributed by atoms with Crippen LogP contribution in [0.5, 0.6) is 0 Å². The van der Waals surface area contributed by atoms with Gasteiger partial charge in [0.15, 0.2) is 5.76 Å². The number of aryl methyl sites for hydroxylation is 2. The summed E-state index contributed by atoms with van der Waals surface area (Å²) in [5, 5.41) is 0.432. The second-order valence-electron chi connectivity index (χ2n) is 6.12. The molecule has 23 heavy (non-hydrogen) atoms. The Kier molecular flexibility index (Phi) is 3.92. The number of halogens is 1. The molecule has 3 rings (SSSR count). The van der Waals surface area contributed by atoms with Crippen LogP contribution in [0, 0.1) is 13.8 Å². The molecule has 1 unspecified atom stereocenters. The number of fused-ring (bicyclic) bond motifs is 1. The molecule has 0 radical (unpaired) electrons. The monoisotopic (exact) mass is 355 g/mol. The minimum atomic E-state index is -3.72. The van der Waals surface area contributed by atoms with E-state index in [1.165, 1.54) is 0 Å². The van der Waals surface area contributed by atoms with Crippen molar-refractivity contribution in [1.82, 2.24) is 4.90 Å². The van der Waals surface area contributed by atoms with Gasteiger partial charge in [-0.1, -0.05) is 17.7 Å². The molecule has 1 saturated heterocycles. The first-order valence-corrected chi connectivity index (χ1v) is 9.60. The standard InChI is InChI=1S/C16H18ClNO4S/c1-9-7-10(2)13(11(17)8-9)14-15(22-23(3,20)21)12-5-4-6-18(12)16(14)19/h7-8,12H,4-6H2,1-3H3. The summed E-state index contributed by atoms with van der Waals surface area (Å²) in [6, 6.07) is 3.37. The van der Waals surface area contributed by atoms with E-state index in [4.69, 9.17) is 15.8 Å². The van der Waals surface area contributed by atoms with Gasteiger partial charge in [-0.15, -0.1) is 0 Å². The molecule has 0 N–H and O–H groups in total. The molecule has 1 aromatic rings. The first-order chi connectivity index (χ1) is 10.7. The molecular formula is C16H18ClNO4S. The zero-order valence-corrected chi connectivity index (χ0v) is 14.8. The van der Waals surface area contributed by atoms with Gasteiger partial charge in [0, 0.05) is 17.1 Å². The maximum Gasteiger partial charge on any atom is 0.306 e. The van der Waals surface area contributed by atoms with Crippen LogP contribution in [0.25, 0.3) is 5.57 Å². The Labute approximate surface area is 141 Å². The van der Waals surface area contributed by atoms with Gasteiger partial charge in [0.05, 0.1) is 17.9 Å². The Hall–Kier alpha value is -1.53. The van der Waals surface area contributed by atoms with Crippen LogP contribution in [-0.2, 0) is 19.1 Å². The van der Waals surface area contributed by atoms with Crippen LogP contribution in [0.1, 0.15) is 29.5 Å². The average Bonchev–Trinajstić information content (AvgIpc) is 2.95. The zero-order chi connectivity index (χ0) is 16.9. The second kappa shape index (κ2) is 5.53. The highest BCUT2D eigenvalue weighted by molar-refractivity contribution is 7.86. The Bertz CT molecular complexity index is 805. The molecule has 0 saturated carbocycles. The Balaban J connectivity index is 2.24. The largest absolute Gasteiger partial charge is 0.384 e. The summed E-state index contributed by atoms with van der Waals surface area (Å²) in [5.74, 6) is 0.00357. The van der Waals surface area contributed by atoms with Gasteiger partial charge in [-0.05, 0) is 43.9 Å². The highest BCUT2D eigenvalue weighted by Crippen LogP contribution is 2.42. The number of carbonyl (C=O) groups is 1. The molecule has 1 atom stereocenters. The lowest BCUT2D eigenvalue weighted by Gasteiger charge is -2.16. The van der Waals surface area contributed by atoms with Gasteiger partial charge >= 0.3 is 10.1 Å². The van der Waals surface area contributed by atoms with Crippen LogP contribution in [0.4, 0.5) is 0 Å². The third-order valence-corrected chi connectivity index (χ3v) is 4.98. The fourth-order valence-electron chi connectivity index (χ4n) is 3.42. The van der Waals surface area contributed by atoms with Gasteiger partial charge in [0.2, 0.25) is 0 Å². The average molecular weight is 356 g/mol. The SMILES string of the molecule is Cc1cc(C)c(C2=C(OS(C)(=O)=O)C3CCCN3C2=O)c(Cl)c1. The fourth-order valence-corrected chi connectivity index (χ4v) is 4.36. The summed E-state index contributed by atoms with van der Waals surface area (Å²) in [7, 11) is -3.72. The first-order valence-electron chi connectivity index (χ1n) is 7.41. The van der Waals surface area contributed by atoms with Crippen LogP contribution < -0.4 is 0 Å². The molecule has 2 aliphatic rings. The van der Waals surface area contributed by atoms with Crippen LogP contribution >= 0.6 is 11.6 Å². The third kappa shape index (κ3) is 2.85. The summed E-state index contributed by atoms with van der Waals surface area (Å²) >= 11 is 6.36. The predicted molar refractivity (Wildman–Crippen MR) is 88.5 cm³/mol. The number of amides is 1. The van der Waals surface area contributed by atoms with Crippen molar-refractivity contribution in [3.05, 3.63) is 39.6 Å². The number of carbonyl (C=O) groups excluding carboxylic acids is 1. The molecular weight excluding hydrogens is 338 g/mol. The van der Waals surface area contributed by atoms with E-state index in [9.17, 15) is 13.2 Å². The number of rotatable bonds is 3. The highest BCUT2D eigenvalue weighted by Gasteiger charge is 2.45. The van der Waals surface area contributed by atoms with Crippen molar-refractivity contribution in [3.63, 3.8) is 0 Å². The minimum absolute atomic E-state index is 0.208. The lowest BCUT2D eigenvalue weighted by molar-refractivity contribution is -0.124. The molecule has 5 nitrogen and oxygen atoms in total. The van der Waals surface area contributed by atoms with Gasteiger partial charge < -0.3 is 9.08 Å². The number of hydrogen-bond donors (Lipinski definition) is 0. The topological polar surface area (TPSA) is 63.7 Å². The highest BCUT2D eigenvalue weighted by atomic mass is 35.5. The summed E-state index contributed by atoms with van der Waals surface area (Å²) in [6.45, 7) is 4.38. The molecule has 7 heteroatoms. The van der Waals surface area contributed by atoms with Gasteiger partial charge in [-0.3, -0.25) is 4.79 Å². The predicted octanol–water partition coefficient (Wildman–Crippen LogP) is 2.65. The molecule has 0 bridgehead atoms. The van der Waals surface area contributed by atoms with Crippen molar-refractivity contribution in [2.24, 2.45) is 0 Å². The second-order valence-corrected chi connectivity index (χ2v) is 8.10. The fraction of sp³-hybridized carbons (Fsp3) is 0.438. The maximum absolute atomic E-state index is 12.8. The zero-order valence-electron chi connectivity index (χ0n) is 13.2. The van der Waals surface area contributed by atoms with E-state index >= 15 is 0 Å². The number of nitrogens with zero attached hydrogens (tertiary/aromatic N) is 1. The van der Waals surface area contributed by atoms with Gasteiger partial charge in [-0.2, -0.15) is 8.42 Å². The van der Waals surface area contributed by atoms with Gasteiger partial charge in [-0.25, -0.2) is 0 Å². The van der Waals surface area contributed by atoms with E-state index in [-0.39, 0.29) is 23.3 Å². The number of hydrogen-bond acceptors (Lipinski definition) is 4. The molecule has 2 aliphatic heterocycles. The van der Waals surface area contributed by atoms with E-state index in [2.05, 4.69) is 0 Å². The van der Waals surface area contributed by atoms with Gasteiger partial charge in [0.1, 0.15) is 0 Å². The molecule has 1 amide bonds. The molecule has 1 aromatic carbocycles. The van der Waals surface area contributed by atoms with Crippen LogP contribution in [-0.4, -0.2) is 38.1 Å². The Morgan fingerprint density at radius 3 is 2.61 bits per heavy atom. The van der Waals surface area contributed by atoms with E-state index < -0.39 is 10.1 Å². The molecule has 124 valence electrons. The van der Waals surface area contributed by atoms with Crippen molar-refractivity contribution < 1.29 is 17.4 Å². The summed E-state index contributed by atoms with van der Waals surface area (Å²) in [6.07, 6.45) is 2.52. The quantitative estimate of drug-likeness (QED) is 0.782. The Morgan fingerprint density at radius 1 is 1.30 bits per heavy atom. The lowest BCUT2D eigenvalue weighted by Crippen LogP contribution is -2.30. The minimum Gasteiger partial charge on any atom is -0.384 e. The Morgan fingerprint density at radius 2 is 2.00 bits per heavy atom. The van der Waals surface area contributed by atoms with Crippen molar-refractivity contribution in [2.45, 2.75) is 32.7 Å². The normalized spacial score (nSPS) is 21.1. The summed E-state index contributed by atoms with van der Waals surface area (Å²) < 4.78 is 28.5. The first kappa shape index (κ1) is 16.3. The number of benzene rings is 1. The molecule has 1 fully saturated rings. The maximum atomic E-state index is 12.8. The molecule has 0 spiro atoms. The summed E-state index contributed by atoms with van der Waals surface area (Å²) in [4.78, 5) is 14.5. The lowest BCUT2D eigenvalue weighted by atomic mass is 9.97. The van der Waals surface area contributed by atoms with Crippen molar-refractivity contribution >= 4 is 33.2 Å². The third-order valence-electron chi connectivity index (χ3n) is 4.20. The van der Waals surface area contributed by atoms with Crippen molar-refractivity contribution in [2.75, 3.05) is 12.8 Å². The van der Waals surface area contributed by atoms with E-state index in [0.29, 0.717) is 23.6 Å². The van der Waals surface area contributed by atoms with E-state index in [0.717, 1.165) is 23.8 Å².